The fourth-order valence-corrected chi connectivity index (χ4v) is 4.01. The summed E-state index contributed by atoms with van der Waals surface area (Å²) in [4.78, 5) is 32.5. The van der Waals surface area contributed by atoms with Gasteiger partial charge in [-0.05, 0) is 42.8 Å². The van der Waals surface area contributed by atoms with Gasteiger partial charge in [0, 0.05) is 26.2 Å². The van der Waals surface area contributed by atoms with E-state index in [1.165, 1.54) is 17.0 Å². The SMILES string of the molecule is CCN1CCN(C2=C(c3ccc(F)cc3)C(=O)N(c3ccccc3C)C2=O)CC1. The van der Waals surface area contributed by atoms with Crippen LogP contribution in [0.4, 0.5) is 10.1 Å². The Kier molecular flexibility index (Phi) is 5.20. The Hall–Kier alpha value is -2.99. The average Bonchev–Trinajstić information content (AvgIpc) is 2.99. The predicted octanol–water partition coefficient (Wildman–Crippen LogP) is 3.06. The number of hydrogen-bond acceptors (Lipinski definition) is 4. The van der Waals surface area contributed by atoms with E-state index in [0.717, 1.165) is 25.2 Å². The molecule has 150 valence electrons. The zero-order valence-corrected chi connectivity index (χ0v) is 16.7. The van der Waals surface area contributed by atoms with Crippen molar-refractivity contribution in [2.45, 2.75) is 13.8 Å². The molecule has 2 aromatic rings. The highest BCUT2D eigenvalue weighted by Crippen LogP contribution is 2.36. The lowest BCUT2D eigenvalue weighted by atomic mass is 10.0. The summed E-state index contributed by atoms with van der Waals surface area (Å²) in [6, 6.07) is 13.1. The molecular formula is C23H24FN3O2. The zero-order chi connectivity index (χ0) is 20.5. The first-order valence-electron chi connectivity index (χ1n) is 9.93. The first-order chi connectivity index (χ1) is 14.0. The van der Waals surface area contributed by atoms with E-state index < -0.39 is 0 Å². The Balaban J connectivity index is 1.79. The number of carbonyl (C=O) groups is 2. The summed E-state index contributed by atoms with van der Waals surface area (Å²) in [5, 5.41) is 0. The lowest BCUT2D eigenvalue weighted by Crippen LogP contribution is -2.47. The van der Waals surface area contributed by atoms with Gasteiger partial charge in [-0.25, -0.2) is 9.29 Å². The minimum atomic E-state index is -0.375. The van der Waals surface area contributed by atoms with Gasteiger partial charge in [0.15, 0.2) is 0 Å². The maximum absolute atomic E-state index is 13.5. The van der Waals surface area contributed by atoms with Crippen molar-refractivity contribution in [2.75, 3.05) is 37.6 Å². The van der Waals surface area contributed by atoms with Crippen LogP contribution in [0.5, 0.6) is 0 Å². The highest BCUT2D eigenvalue weighted by molar-refractivity contribution is 6.45. The molecule has 2 heterocycles. The molecule has 1 fully saturated rings. The maximum atomic E-state index is 13.5. The molecule has 0 spiro atoms. The van der Waals surface area contributed by atoms with Crippen molar-refractivity contribution in [3.05, 3.63) is 71.2 Å². The molecule has 5 nitrogen and oxygen atoms in total. The van der Waals surface area contributed by atoms with Crippen molar-refractivity contribution in [1.82, 2.24) is 9.80 Å². The lowest BCUT2D eigenvalue weighted by Gasteiger charge is -2.36. The molecule has 0 unspecified atom stereocenters. The number of hydrogen-bond donors (Lipinski definition) is 0. The number of amides is 2. The second-order valence-corrected chi connectivity index (χ2v) is 7.38. The van der Waals surface area contributed by atoms with Crippen LogP contribution in [0.1, 0.15) is 18.1 Å². The Morgan fingerprint density at radius 2 is 1.55 bits per heavy atom. The number of likely N-dealkylation sites (N-methyl/N-ethyl adjacent to an activating group) is 1. The van der Waals surface area contributed by atoms with Gasteiger partial charge < -0.3 is 9.80 Å². The Morgan fingerprint density at radius 1 is 0.897 bits per heavy atom. The highest BCUT2D eigenvalue weighted by Gasteiger charge is 2.43. The van der Waals surface area contributed by atoms with Gasteiger partial charge in [0.05, 0.1) is 11.3 Å². The average molecular weight is 393 g/mol. The monoisotopic (exact) mass is 393 g/mol. The van der Waals surface area contributed by atoms with E-state index in [0.29, 0.717) is 35.6 Å². The van der Waals surface area contributed by atoms with E-state index in [2.05, 4.69) is 11.8 Å². The molecule has 2 amide bonds. The second-order valence-electron chi connectivity index (χ2n) is 7.38. The number of nitrogens with zero attached hydrogens (tertiary/aromatic N) is 3. The van der Waals surface area contributed by atoms with Crippen LogP contribution >= 0.6 is 0 Å². The van der Waals surface area contributed by atoms with E-state index in [-0.39, 0.29) is 17.6 Å². The third-order valence-electron chi connectivity index (χ3n) is 5.68. The molecule has 0 bridgehead atoms. The number of aryl methyl sites for hydroxylation is 1. The van der Waals surface area contributed by atoms with Crippen molar-refractivity contribution in [3.63, 3.8) is 0 Å². The molecule has 0 aromatic heterocycles. The minimum absolute atomic E-state index is 0.312. The summed E-state index contributed by atoms with van der Waals surface area (Å²) in [6.07, 6.45) is 0. The third-order valence-corrected chi connectivity index (χ3v) is 5.68. The van der Waals surface area contributed by atoms with Crippen molar-refractivity contribution >= 4 is 23.1 Å². The standard InChI is InChI=1S/C23H24FN3O2/c1-3-25-12-14-26(15-13-25)21-20(17-8-10-18(24)11-9-17)22(28)27(23(21)29)19-7-5-4-6-16(19)2/h4-11H,3,12-15H2,1-2H3. The molecule has 4 rings (SSSR count). The van der Waals surface area contributed by atoms with Crippen LogP contribution in [-0.2, 0) is 9.59 Å². The van der Waals surface area contributed by atoms with E-state index >= 15 is 0 Å². The van der Waals surface area contributed by atoms with Crippen molar-refractivity contribution < 1.29 is 14.0 Å². The van der Waals surface area contributed by atoms with Crippen LogP contribution in [0, 0.1) is 12.7 Å². The number of benzene rings is 2. The largest absolute Gasteiger partial charge is 0.364 e. The summed E-state index contributed by atoms with van der Waals surface area (Å²) >= 11 is 0. The van der Waals surface area contributed by atoms with Gasteiger partial charge in [0.25, 0.3) is 11.8 Å². The van der Waals surface area contributed by atoms with Crippen LogP contribution in [-0.4, -0.2) is 54.3 Å². The van der Waals surface area contributed by atoms with E-state index in [9.17, 15) is 14.0 Å². The van der Waals surface area contributed by atoms with Crippen LogP contribution in [0.2, 0.25) is 0 Å². The Morgan fingerprint density at radius 3 is 2.17 bits per heavy atom. The molecule has 6 heteroatoms. The predicted molar refractivity (Wildman–Crippen MR) is 111 cm³/mol. The highest BCUT2D eigenvalue weighted by atomic mass is 19.1. The van der Waals surface area contributed by atoms with Gasteiger partial charge in [-0.3, -0.25) is 9.59 Å². The fraction of sp³-hybridized carbons (Fsp3) is 0.304. The molecule has 29 heavy (non-hydrogen) atoms. The number of anilines is 1. The molecule has 2 aromatic carbocycles. The first kappa shape index (κ1) is 19.3. The minimum Gasteiger partial charge on any atom is -0.364 e. The maximum Gasteiger partial charge on any atom is 0.282 e. The molecule has 1 saturated heterocycles. The van der Waals surface area contributed by atoms with Crippen molar-refractivity contribution in [2.24, 2.45) is 0 Å². The van der Waals surface area contributed by atoms with Gasteiger partial charge in [-0.1, -0.05) is 37.3 Å². The third kappa shape index (κ3) is 3.44. The zero-order valence-electron chi connectivity index (χ0n) is 16.7. The number of para-hydroxylation sites is 1. The molecule has 0 N–H and O–H groups in total. The molecule has 0 atom stereocenters. The van der Waals surface area contributed by atoms with Gasteiger partial charge in [-0.15, -0.1) is 0 Å². The Labute approximate surface area is 170 Å². The van der Waals surface area contributed by atoms with Gasteiger partial charge in [0.1, 0.15) is 11.5 Å². The van der Waals surface area contributed by atoms with Crippen LogP contribution < -0.4 is 4.90 Å². The van der Waals surface area contributed by atoms with Crippen LogP contribution in [0.25, 0.3) is 5.57 Å². The normalized spacial score (nSPS) is 18.2. The molecular weight excluding hydrogens is 369 g/mol. The fourth-order valence-electron chi connectivity index (χ4n) is 4.01. The van der Waals surface area contributed by atoms with E-state index in [1.54, 1.807) is 18.2 Å². The molecule has 0 saturated carbocycles. The van der Waals surface area contributed by atoms with Crippen molar-refractivity contribution in [3.8, 4) is 0 Å². The molecule has 0 aliphatic carbocycles. The summed E-state index contributed by atoms with van der Waals surface area (Å²) in [5.41, 5.74) is 2.77. The van der Waals surface area contributed by atoms with E-state index in [1.807, 2.05) is 30.0 Å². The summed E-state index contributed by atoms with van der Waals surface area (Å²) in [6.45, 7) is 7.97. The quantitative estimate of drug-likeness (QED) is 0.749. The van der Waals surface area contributed by atoms with Gasteiger partial charge >= 0.3 is 0 Å². The number of halogens is 1. The number of carbonyl (C=O) groups excluding carboxylic acids is 2. The lowest BCUT2D eigenvalue weighted by molar-refractivity contribution is -0.120. The second kappa shape index (κ2) is 7.79. The molecule has 2 aliphatic rings. The number of piperazine rings is 1. The smallest absolute Gasteiger partial charge is 0.282 e. The topological polar surface area (TPSA) is 43.9 Å². The van der Waals surface area contributed by atoms with Crippen LogP contribution in [0.3, 0.4) is 0 Å². The molecule has 2 aliphatic heterocycles. The van der Waals surface area contributed by atoms with E-state index in [4.69, 9.17) is 0 Å². The summed E-state index contributed by atoms with van der Waals surface area (Å²) in [7, 11) is 0. The van der Waals surface area contributed by atoms with Crippen molar-refractivity contribution in [1.29, 1.82) is 0 Å². The molecule has 0 radical (unpaired) electrons. The number of imide groups is 1. The number of rotatable bonds is 4. The van der Waals surface area contributed by atoms with Gasteiger partial charge in [0.2, 0.25) is 0 Å². The Bertz CT molecular complexity index is 976. The first-order valence-corrected chi connectivity index (χ1v) is 9.93. The summed E-state index contributed by atoms with van der Waals surface area (Å²) < 4.78 is 13.5. The summed E-state index contributed by atoms with van der Waals surface area (Å²) in [5.74, 6) is -1.04. The van der Waals surface area contributed by atoms with Crippen LogP contribution in [0.15, 0.2) is 54.2 Å². The van der Waals surface area contributed by atoms with Gasteiger partial charge in [-0.2, -0.15) is 0 Å².